The van der Waals surface area contributed by atoms with Crippen LogP contribution in [0.2, 0.25) is 0 Å². The lowest BCUT2D eigenvalue weighted by atomic mass is 10.1. The van der Waals surface area contributed by atoms with E-state index in [9.17, 15) is 14.4 Å². The Hall–Kier alpha value is -2.59. The minimum absolute atomic E-state index is 0.132. The highest BCUT2D eigenvalue weighted by Gasteiger charge is 2.33. The van der Waals surface area contributed by atoms with E-state index in [4.69, 9.17) is 31.9 Å². The summed E-state index contributed by atoms with van der Waals surface area (Å²) in [6.07, 6.45) is 0.327. The van der Waals surface area contributed by atoms with Crippen molar-refractivity contribution in [1.82, 2.24) is 4.90 Å². The van der Waals surface area contributed by atoms with Crippen molar-refractivity contribution >= 4 is 52.2 Å². The lowest BCUT2D eigenvalue weighted by Crippen LogP contribution is -2.33. The number of para-hydroxylation sites is 1. The maximum absolute atomic E-state index is 12.4. The molecule has 1 aliphatic heterocycles. The summed E-state index contributed by atoms with van der Waals surface area (Å²) in [6, 6.07) is 4.87. The fourth-order valence-corrected chi connectivity index (χ4v) is 3.32. The lowest BCUT2D eigenvalue weighted by molar-refractivity contribution is -0.144. The maximum atomic E-state index is 12.4. The number of ether oxygens (including phenoxy) is 2. The third-order valence-electron chi connectivity index (χ3n) is 3.33. The number of carboxylic acid groups (broad SMARTS) is 2. The second-order valence-electron chi connectivity index (χ2n) is 5.14. The molecule has 1 amide bonds. The minimum Gasteiger partial charge on any atom is -0.493 e. The topological polar surface area (TPSA) is 113 Å². The Kier molecular flexibility index (Phi) is 6.22. The zero-order chi connectivity index (χ0) is 19.4. The summed E-state index contributed by atoms with van der Waals surface area (Å²) in [4.78, 5) is 35.5. The molecule has 1 heterocycles. The van der Waals surface area contributed by atoms with Crippen LogP contribution < -0.4 is 9.47 Å². The Morgan fingerprint density at radius 1 is 1.38 bits per heavy atom. The number of benzene rings is 1. The van der Waals surface area contributed by atoms with Crippen molar-refractivity contribution in [2.24, 2.45) is 0 Å². The second kappa shape index (κ2) is 8.19. The molecule has 1 saturated heterocycles. The van der Waals surface area contributed by atoms with E-state index >= 15 is 0 Å². The molecule has 1 aromatic carbocycles. The van der Waals surface area contributed by atoms with Gasteiger partial charge in [-0.2, -0.15) is 0 Å². The molecule has 1 fully saturated rings. The first-order chi connectivity index (χ1) is 12.2. The number of rotatable bonds is 7. The summed E-state index contributed by atoms with van der Waals surface area (Å²) < 4.78 is 10.8. The number of amides is 1. The Morgan fingerprint density at radius 3 is 2.65 bits per heavy atom. The fraction of sp³-hybridized carbons (Fsp3) is 0.250. The van der Waals surface area contributed by atoms with E-state index in [0.717, 1.165) is 16.7 Å². The third-order valence-corrected chi connectivity index (χ3v) is 4.70. The van der Waals surface area contributed by atoms with Crippen molar-refractivity contribution in [3.63, 3.8) is 0 Å². The zero-order valence-electron chi connectivity index (χ0n) is 13.8. The standard InChI is InChI=1S/C16H15NO7S2/c1-8(15(21)22)24-13-9(4-3-5-10(13)23-2)6-11-14(20)17(7-12(18)19)16(25)26-11/h3-6,8H,7H2,1-2H3,(H,18,19)(H,21,22)/b11-6+/t8-/m0/s1. The van der Waals surface area contributed by atoms with Crippen LogP contribution in [0.3, 0.4) is 0 Å². The van der Waals surface area contributed by atoms with E-state index in [2.05, 4.69) is 0 Å². The van der Waals surface area contributed by atoms with Crippen LogP contribution in [0, 0.1) is 0 Å². The summed E-state index contributed by atoms with van der Waals surface area (Å²) in [7, 11) is 1.41. The second-order valence-corrected chi connectivity index (χ2v) is 6.81. The van der Waals surface area contributed by atoms with Crippen LogP contribution in [-0.4, -0.2) is 57.0 Å². The largest absolute Gasteiger partial charge is 0.493 e. The normalized spacial score (nSPS) is 16.7. The van der Waals surface area contributed by atoms with Gasteiger partial charge >= 0.3 is 11.9 Å². The van der Waals surface area contributed by atoms with Crippen molar-refractivity contribution < 1.29 is 34.1 Å². The smallest absolute Gasteiger partial charge is 0.344 e. The van der Waals surface area contributed by atoms with E-state index in [-0.39, 0.29) is 15.0 Å². The molecule has 10 heteroatoms. The van der Waals surface area contributed by atoms with Crippen LogP contribution >= 0.6 is 24.0 Å². The van der Waals surface area contributed by atoms with Gasteiger partial charge in [0.1, 0.15) is 10.9 Å². The Balaban J connectivity index is 2.41. The molecule has 0 saturated carbocycles. The van der Waals surface area contributed by atoms with E-state index in [1.165, 1.54) is 20.1 Å². The number of thioether (sulfide) groups is 1. The number of hydrogen-bond acceptors (Lipinski definition) is 7. The van der Waals surface area contributed by atoms with Gasteiger partial charge in [0.05, 0.1) is 12.0 Å². The number of carbonyl (C=O) groups is 3. The molecule has 0 aromatic heterocycles. The van der Waals surface area contributed by atoms with Gasteiger partial charge in [0.2, 0.25) is 0 Å². The molecule has 1 atom stereocenters. The number of nitrogens with zero attached hydrogens (tertiary/aromatic N) is 1. The summed E-state index contributed by atoms with van der Waals surface area (Å²) >= 11 is 6.00. The number of thiocarbonyl (C=S) groups is 1. The molecule has 26 heavy (non-hydrogen) atoms. The molecule has 0 radical (unpaired) electrons. The molecular weight excluding hydrogens is 382 g/mol. The average molecular weight is 397 g/mol. The highest BCUT2D eigenvalue weighted by atomic mass is 32.2. The first-order valence-corrected chi connectivity index (χ1v) is 8.50. The van der Waals surface area contributed by atoms with Gasteiger partial charge in [0, 0.05) is 5.56 Å². The predicted octanol–water partition coefficient (Wildman–Crippen LogP) is 1.83. The average Bonchev–Trinajstić information content (AvgIpc) is 2.83. The summed E-state index contributed by atoms with van der Waals surface area (Å²) in [5.41, 5.74) is 0.410. The van der Waals surface area contributed by atoms with Gasteiger partial charge in [-0.15, -0.1) is 0 Å². The van der Waals surface area contributed by atoms with Crippen molar-refractivity contribution in [3.8, 4) is 11.5 Å². The minimum atomic E-state index is -1.18. The molecule has 8 nitrogen and oxygen atoms in total. The van der Waals surface area contributed by atoms with Crippen LogP contribution in [0.4, 0.5) is 0 Å². The highest BCUT2D eigenvalue weighted by molar-refractivity contribution is 8.26. The van der Waals surface area contributed by atoms with Gasteiger partial charge < -0.3 is 19.7 Å². The maximum Gasteiger partial charge on any atom is 0.344 e. The predicted molar refractivity (Wildman–Crippen MR) is 98.2 cm³/mol. The number of carbonyl (C=O) groups excluding carboxylic acids is 1. The molecule has 2 N–H and O–H groups in total. The van der Waals surface area contributed by atoms with Crippen molar-refractivity contribution in [2.75, 3.05) is 13.7 Å². The third kappa shape index (κ3) is 4.33. The van der Waals surface area contributed by atoms with Crippen molar-refractivity contribution in [3.05, 3.63) is 28.7 Å². The van der Waals surface area contributed by atoms with Gasteiger partial charge in [0.25, 0.3) is 5.91 Å². The van der Waals surface area contributed by atoms with Gasteiger partial charge in [0.15, 0.2) is 17.6 Å². The first-order valence-electron chi connectivity index (χ1n) is 7.28. The number of methoxy groups -OCH3 is 1. The molecule has 2 rings (SSSR count). The van der Waals surface area contributed by atoms with Crippen LogP contribution in [0.15, 0.2) is 23.1 Å². The molecule has 0 bridgehead atoms. The van der Waals surface area contributed by atoms with E-state index in [1.54, 1.807) is 18.2 Å². The molecule has 1 aromatic rings. The summed E-state index contributed by atoms with van der Waals surface area (Å²) in [5, 5.41) is 17.9. The first kappa shape index (κ1) is 19.7. The van der Waals surface area contributed by atoms with Crippen molar-refractivity contribution in [1.29, 1.82) is 0 Å². The Bertz CT molecular complexity index is 806. The van der Waals surface area contributed by atoms with Crippen LogP contribution in [0.1, 0.15) is 12.5 Å². The van der Waals surface area contributed by atoms with E-state index in [0.29, 0.717) is 11.3 Å². The zero-order valence-corrected chi connectivity index (χ0v) is 15.4. The van der Waals surface area contributed by atoms with Crippen LogP contribution in [-0.2, 0) is 14.4 Å². The van der Waals surface area contributed by atoms with Crippen LogP contribution in [0.25, 0.3) is 6.08 Å². The number of aliphatic carboxylic acids is 2. The number of hydrogen-bond donors (Lipinski definition) is 2. The quantitative estimate of drug-likeness (QED) is 0.525. The van der Waals surface area contributed by atoms with Gasteiger partial charge in [-0.1, -0.05) is 36.1 Å². The summed E-state index contributed by atoms with van der Waals surface area (Å²) in [6.45, 7) is 0.838. The van der Waals surface area contributed by atoms with Crippen LogP contribution in [0.5, 0.6) is 11.5 Å². The molecular formula is C16H15NO7S2. The van der Waals surface area contributed by atoms with Gasteiger partial charge in [-0.05, 0) is 19.1 Å². The van der Waals surface area contributed by atoms with E-state index in [1.807, 2.05) is 0 Å². The van der Waals surface area contributed by atoms with Crippen molar-refractivity contribution in [2.45, 2.75) is 13.0 Å². The molecule has 1 aliphatic rings. The molecule has 138 valence electrons. The lowest BCUT2D eigenvalue weighted by Gasteiger charge is -2.16. The highest BCUT2D eigenvalue weighted by Crippen LogP contribution is 2.37. The Morgan fingerprint density at radius 2 is 2.08 bits per heavy atom. The Labute approximate surface area is 158 Å². The molecule has 0 aliphatic carbocycles. The number of carboxylic acids is 2. The van der Waals surface area contributed by atoms with Gasteiger partial charge in [-0.3, -0.25) is 14.5 Å². The summed E-state index contributed by atoms with van der Waals surface area (Å²) in [5.74, 6) is -2.42. The molecule has 0 unspecified atom stereocenters. The van der Waals surface area contributed by atoms with Gasteiger partial charge in [-0.25, -0.2) is 4.79 Å². The van der Waals surface area contributed by atoms with E-state index < -0.39 is 30.5 Å². The SMILES string of the molecule is COc1cccc(/C=C2/SC(=S)N(CC(=O)O)C2=O)c1O[C@@H](C)C(=O)O. The molecule has 0 spiro atoms. The monoisotopic (exact) mass is 397 g/mol. The fourth-order valence-electron chi connectivity index (χ4n) is 2.07.